The van der Waals surface area contributed by atoms with Crippen LogP contribution in [-0.4, -0.2) is 28.3 Å². The summed E-state index contributed by atoms with van der Waals surface area (Å²) in [5.74, 6) is -0.591. The minimum atomic E-state index is -4.46. The molecule has 128 valence electrons. The van der Waals surface area contributed by atoms with Crippen LogP contribution < -0.4 is 0 Å². The molecule has 0 fully saturated rings. The van der Waals surface area contributed by atoms with Crippen molar-refractivity contribution in [3.63, 3.8) is 0 Å². The molecule has 0 amide bonds. The Balaban J connectivity index is 2.06. The zero-order chi connectivity index (χ0) is 18.2. The van der Waals surface area contributed by atoms with Gasteiger partial charge in [0, 0.05) is 10.8 Å². The Hall–Kier alpha value is -3.17. The zero-order valence-corrected chi connectivity index (χ0v) is 13.3. The van der Waals surface area contributed by atoms with Crippen molar-refractivity contribution < 1.29 is 28.3 Å². The number of fused-ring (bicyclic) bond motifs is 1. The van der Waals surface area contributed by atoms with E-state index >= 15 is 0 Å². The minimum absolute atomic E-state index is 0.00483. The third kappa shape index (κ3) is 3.23. The summed E-state index contributed by atoms with van der Waals surface area (Å²) in [5, 5.41) is 38.0. The molecule has 8 nitrogen and oxygen atoms in total. The Bertz CT molecular complexity index is 1110. The average molecular weight is 360 g/mol. The fourth-order valence-corrected chi connectivity index (χ4v) is 2.75. The topological polar surface area (TPSA) is 140 Å². The second-order valence-electron chi connectivity index (χ2n) is 5.13. The van der Waals surface area contributed by atoms with Gasteiger partial charge in [0.15, 0.2) is 5.75 Å². The van der Waals surface area contributed by atoms with E-state index in [-0.39, 0.29) is 28.6 Å². The molecule has 0 aliphatic carbocycles. The largest absolute Gasteiger partial charge is 0.507 e. The number of aromatic hydroxyl groups is 3. The molecule has 0 heterocycles. The van der Waals surface area contributed by atoms with Gasteiger partial charge in [-0.25, -0.2) is 0 Å². The molecule has 0 aromatic heterocycles. The molecule has 0 unspecified atom stereocenters. The van der Waals surface area contributed by atoms with Gasteiger partial charge in [-0.05, 0) is 36.4 Å². The van der Waals surface area contributed by atoms with Crippen molar-refractivity contribution in [1.29, 1.82) is 0 Å². The van der Waals surface area contributed by atoms with Crippen LogP contribution in [0.25, 0.3) is 10.8 Å². The normalized spacial score (nSPS) is 12.0. The van der Waals surface area contributed by atoms with Crippen molar-refractivity contribution in [2.75, 3.05) is 0 Å². The van der Waals surface area contributed by atoms with Crippen LogP contribution in [0.15, 0.2) is 63.7 Å². The minimum Gasteiger partial charge on any atom is -0.507 e. The molecule has 0 bridgehead atoms. The molecule has 3 aromatic carbocycles. The highest BCUT2D eigenvalue weighted by atomic mass is 32.2. The number of rotatable bonds is 3. The Morgan fingerprint density at radius 3 is 2.20 bits per heavy atom. The molecule has 0 atom stereocenters. The molecule has 0 saturated carbocycles. The van der Waals surface area contributed by atoms with Gasteiger partial charge >= 0.3 is 0 Å². The number of phenols is 3. The summed E-state index contributed by atoms with van der Waals surface area (Å²) >= 11 is 0. The van der Waals surface area contributed by atoms with Gasteiger partial charge in [-0.3, -0.25) is 4.55 Å². The van der Waals surface area contributed by atoms with Gasteiger partial charge in [0.05, 0.1) is 4.90 Å². The van der Waals surface area contributed by atoms with Gasteiger partial charge in [0.25, 0.3) is 10.1 Å². The molecule has 3 aromatic rings. The summed E-state index contributed by atoms with van der Waals surface area (Å²) in [5.41, 5.74) is -0.153. The molecule has 0 radical (unpaired) electrons. The molecule has 0 aliphatic rings. The average Bonchev–Trinajstić information content (AvgIpc) is 2.55. The third-order valence-corrected chi connectivity index (χ3v) is 4.35. The van der Waals surface area contributed by atoms with Crippen LogP contribution >= 0.6 is 0 Å². The standard InChI is InChI=1S/C16H12N2O6S/c19-14-3-1-2-11-10(14)5-6-12(16(11)21)17-18-13-8-9(25(22,23)24)4-7-15(13)20/h1-8,19-21H,(H,22,23,24)/b18-17+. The predicted molar refractivity (Wildman–Crippen MR) is 89.4 cm³/mol. The highest BCUT2D eigenvalue weighted by Gasteiger charge is 2.13. The molecule has 4 N–H and O–H groups in total. The van der Waals surface area contributed by atoms with Crippen LogP contribution in [0.1, 0.15) is 0 Å². The van der Waals surface area contributed by atoms with Crippen molar-refractivity contribution in [1.82, 2.24) is 0 Å². The fraction of sp³-hybridized carbons (Fsp3) is 0. The van der Waals surface area contributed by atoms with E-state index < -0.39 is 15.0 Å². The Labute approximate surface area is 142 Å². The Morgan fingerprint density at radius 2 is 1.48 bits per heavy atom. The van der Waals surface area contributed by atoms with Crippen molar-refractivity contribution in [2.45, 2.75) is 4.90 Å². The van der Waals surface area contributed by atoms with Gasteiger partial charge < -0.3 is 15.3 Å². The fourth-order valence-electron chi connectivity index (χ4n) is 2.25. The van der Waals surface area contributed by atoms with Crippen molar-refractivity contribution in [3.8, 4) is 17.2 Å². The molecule has 0 spiro atoms. The Morgan fingerprint density at radius 1 is 0.760 bits per heavy atom. The maximum Gasteiger partial charge on any atom is 0.294 e. The maximum atomic E-state index is 11.1. The quantitative estimate of drug-likeness (QED) is 0.415. The van der Waals surface area contributed by atoms with Crippen molar-refractivity contribution in [2.24, 2.45) is 10.2 Å². The van der Waals surface area contributed by atoms with E-state index in [2.05, 4.69) is 10.2 Å². The molecule has 0 aliphatic heterocycles. The zero-order valence-electron chi connectivity index (χ0n) is 12.5. The monoisotopic (exact) mass is 360 g/mol. The van der Waals surface area contributed by atoms with Gasteiger partial charge in [0.2, 0.25) is 0 Å². The first-order chi connectivity index (χ1) is 11.8. The lowest BCUT2D eigenvalue weighted by Gasteiger charge is -2.05. The van der Waals surface area contributed by atoms with E-state index in [0.29, 0.717) is 10.8 Å². The van der Waals surface area contributed by atoms with E-state index in [1.54, 1.807) is 12.1 Å². The summed E-state index contributed by atoms with van der Waals surface area (Å²) in [6.45, 7) is 0. The third-order valence-electron chi connectivity index (χ3n) is 3.50. The number of azo groups is 1. The van der Waals surface area contributed by atoms with E-state index in [9.17, 15) is 23.7 Å². The second kappa shape index (κ2) is 6.04. The SMILES string of the molecule is O=S(=O)(O)c1ccc(O)c(/N=N/c2ccc3c(O)cccc3c2O)c1. The highest BCUT2D eigenvalue weighted by molar-refractivity contribution is 7.85. The van der Waals surface area contributed by atoms with Crippen molar-refractivity contribution in [3.05, 3.63) is 48.5 Å². The first kappa shape index (κ1) is 16.7. The summed E-state index contributed by atoms with van der Waals surface area (Å²) in [4.78, 5) is -0.452. The molecule has 25 heavy (non-hydrogen) atoms. The van der Waals surface area contributed by atoms with E-state index in [0.717, 1.165) is 18.2 Å². The van der Waals surface area contributed by atoms with Gasteiger partial charge in [-0.15, -0.1) is 10.2 Å². The van der Waals surface area contributed by atoms with Gasteiger partial charge in [-0.1, -0.05) is 12.1 Å². The molecule has 0 saturated heterocycles. The number of hydrogen-bond acceptors (Lipinski definition) is 7. The lowest BCUT2D eigenvalue weighted by atomic mass is 10.1. The number of nitrogens with zero attached hydrogens (tertiary/aromatic N) is 2. The number of benzene rings is 3. The number of hydrogen-bond donors (Lipinski definition) is 4. The van der Waals surface area contributed by atoms with Crippen molar-refractivity contribution >= 4 is 32.3 Å². The summed E-state index contributed by atoms with van der Waals surface area (Å²) < 4.78 is 31.3. The van der Waals surface area contributed by atoms with Gasteiger partial charge in [0.1, 0.15) is 22.9 Å². The molecule has 9 heteroatoms. The highest BCUT2D eigenvalue weighted by Crippen LogP contribution is 2.39. The van der Waals surface area contributed by atoms with E-state index in [4.69, 9.17) is 4.55 Å². The van der Waals surface area contributed by atoms with Crippen LogP contribution in [0, 0.1) is 0 Å². The lowest BCUT2D eigenvalue weighted by Crippen LogP contribution is -1.96. The molecular formula is C16H12N2O6S. The summed E-state index contributed by atoms with van der Waals surface area (Å²) in [6, 6.07) is 10.6. The van der Waals surface area contributed by atoms with Crippen LogP contribution in [-0.2, 0) is 10.1 Å². The van der Waals surface area contributed by atoms with Crippen LogP contribution in [0.2, 0.25) is 0 Å². The second-order valence-corrected chi connectivity index (χ2v) is 6.55. The number of phenolic OH excluding ortho intramolecular Hbond substituents is 3. The lowest BCUT2D eigenvalue weighted by molar-refractivity contribution is 0.473. The predicted octanol–water partition coefficient (Wildman–Crippen LogP) is 3.62. The Kier molecular flexibility index (Phi) is 4.03. The van der Waals surface area contributed by atoms with Crippen LogP contribution in [0.4, 0.5) is 11.4 Å². The summed E-state index contributed by atoms with van der Waals surface area (Å²) in [7, 11) is -4.46. The van der Waals surface area contributed by atoms with Crippen LogP contribution in [0.5, 0.6) is 17.2 Å². The molecular weight excluding hydrogens is 348 g/mol. The first-order valence-electron chi connectivity index (χ1n) is 6.93. The van der Waals surface area contributed by atoms with E-state index in [1.807, 2.05) is 0 Å². The molecule has 3 rings (SSSR count). The van der Waals surface area contributed by atoms with Gasteiger partial charge in [-0.2, -0.15) is 8.42 Å². The maximum absolute atomic E-state index is 11.1. The first-order valence-corrected chi connectivity index (χ1v) is 8.37. The summed E-state index contributed by atoms with van der Waals surface area (Å²) in [6.07, 6.45) is 0. The smallest absolute Gasteiger partial charge is 0.294 e. The van der Waals surface area contributed by atoms with E-state index in [1.165, 1.54) is 18.2 Å². The van der Waals surface area contributed by atoms with Crippen LogP contribution in [0.3, 0.4) is 0 Å².